The normalized spacial score (nSPS) is 12.0. The molecular weight excluding hydrogens is 556 g/mol. The van der Waals surface area contributed by atoms with Gasteiger partial charge >= 0.3 is 0 Å². The zero-order valence-corrected chi connectivity index (χ0v) is 22.7. The van der Waals surface area contributed by atoms with Gasteiger partial charge in [0, 0.05) is 40.3 Å². The van der Waals surface area contributed by atoms with Crippen LogP contribution in [0.25, 0.3) is 27.8 Å². The van der Waals surface area contributed by atoms with E-state index < -0.39 is 29.6 Å². The zero-order valence-electron chi connectivity index (χ0n) is 22.0. The summed E-state index contributed by atoms with van der Waals surface area (Å²) in [6.07, 6.45) is 3.90. The molecule has 41 heavy (non-hydrogen) atoms. The van der Waals surface area contributed by atoms with Crippen molar-refractivity contribution in [1.29, 1.82) is 0 Å². The monoisotopic (exact) mass is 579 g/mol. The molecule has 0 saturated carbocycles. The minimum absolute atomic E-state index is 0.261. The van der Waals surface area contributed by atoms with E-state index in [1.807, 2.05) is 6.92 Å². The van der Waals surface area contributed by atoms with Crippen LogP contribution in [0.15, 0.2) is 72.0 Å². The average Bonchev–Trinajstić information content (AvgIpc) is 3.46. The van der Waals surface area contributed by atoms with Gasteiger partial charge in [-0.05, 0) is 42.8 Å². The van der Waals surface area contributed by atoms with Gasteiger partial charge in [0.05, 0.1) is 36.2 Å². The number of hydrogen-bond donors (Lipinski definition) is 1. The van der Waals surface area contributed by atoms with Crippen LogP contribution >= 0.6 is 11.6 Å². The number of ether oxygens (including phenoxy) is 1. The van der Waals surface area contributed by atoms with Crippen LogP contribution in [0.1, 0.15) is 37.9 Å². The summed E-state index contributed by atoms with van der Waals surface area (Å²) in [5.74, 6) is -0.130. The first kappa shape index (κ1) is 27.8. The van der Waals surface area contributed by atoms with Gasteiger partial charge in [-0.25, -0.2) is 13.5 Å². The number of methoxy groups -OCH3 is 1. The maximum absolute atomic E-state index is 13.5. The van der Waals surface area contributed by atoms with E-state index in [2.05, 4.69) is 25.6 Å². The molecule has 13 heteroatoms. The summed E-state index contributed by atoms with van der Waals surface area (Å²) < 4.78 is 34.5. The number of benzene rings is 2. The number of aromatic nitrogens is 6. The third-order valence-electron chi connectivity index (χ3n) is 6.43. The fourth-order valence-corrected chi connectivity index (χ4v) is 4.67. The van der Waals surface area contributed by atoms with Gasteiger partial charge in [0.2, 0.25) is 5.91 Å². The SMILES string of the molecule is CCC[C@@H](C(=O)Nc1ccc2nccnc2c1)n1cc(OC)c(-c2cc(Cl)ccc2-n2cc(C(F)F)nn2)cc1=O. The maximum Gasteiger partial charge on any atom is 0.283 e. The van der Waals surface area contributed by atoms with Crippen molar-refractivity contribution >= 4 is 34.2 Å². The van der Waals surface area contributed by atoms with Crippen LogP contribution in [0.5, 0.6) is 5.75 Å². The lowest BCUT2D eigenvalue weighted by molar-refractivity contribution is -0.119. The predicted octanol–water partition coefficient (Wildman–Crippen LogP) is 5.62. The molecule has 210 valence electrons. The lowest BCUT2D eigenvalue weighted by Crippen LogP contribution is -2.33. The van der Waals surface area contributed by atoms with E-state index in [9.17, 15) is 18.4 Å². The zero-order chi connectivity index (χ0) is 29.1. The van der Waals surface area contributed by atoms with E-state index >= 15 is 0 Å². The molecule has 5 aromatic rings. The number of pyridine rings is 1. The molecule has 1 atom stereocenters. The first-order valence-corrected chi connectivity index (χ1v) is 13.0. The standard InChI is InChI=1S/C28H24ClF2N7O3/c1-3-4-24(28(40)34-17-6-7-20-21(12-17)33-10-9-32-20)37-15-25(41-2)19(13-26(37)39)18-11-16(29)5-8-23(18)38-14-22(27(30)31)35-36-38/h5-15,24,27H,3-4H2,1-2H3,(H,34,40)/t24-/m0/s1. The van der Waals surface area contributed by atoms with Gasteiger partial charge in [0.1, 0.15) is 17.5 Å². The number of nitrogens with zero attached hydrogens (tertiary/aromatic N) is 6. The van der Waals surface area contributed by atoms with E-state index in [1.54, 1.807) is 48.8 Å². The smallest absolute Gasteiger partial charge is 0.283 e. The average molecular weight is 580 g/mol. The Balaban J connectivity index is 1.54. The maximum atomic E-state index is 13.5. The first-order chi connectivity index (χ1) is 19.8. The Hall–Kier alpha value is -4.71. The molecule has 1 N–H and O–H groups in total. The van der Waals surface area contributed by atoms with Gasteiger partial charge in [0.15, 0.2) is 0 Å². The minimum Gasteiger partial charge on any atom is -0.495 e. The number of carbonyl (C=O) groups is 1. The van der Waals surface area contributed by atoms with Crippen LogP contribution in [0.4, 0.5) is 14.5 Å². The van der Waals surface area contributed by atoms with Gasteiger partial charge in [0.25, 0.3) is 12.0 Å². The van der Waals surface area contributed by atoms with E-state index in [1.165, 1.54) is 28.6 Å². The van der Waals surface area contributed by atoms with Gasteiger partial charge in [-0.2, -0.15) is 0 Å². The number of fused-ring (bicyclic) bond motifs is 1. The lowest BCUT2D eigenvalue weighted by atomic mass is 10.0. The molecule has 1 amide bonds. The Labute approximate surface area is 237 Å². The van der Waals surface area contributed by atoms with Crippen LogP contribution in [0.2, 0.25) is 5.02 Å². The molecule has 0 aliphatic carbocycles. The lowest BCUT2D eigenvalue weighted by Gasteiger charge is -2.21. The van der Waals surface area contributed by atoms with Crippen LogP contribution in [-0.4, -0.2) is 42.5 Å². The highest BCUT2D eigenvalue weighted by Crippen LogP contribution is 2.36. The van der Waals surface area contributed by atoms with Crippen LogP contribution in [-0.2, 0) is 4.79 Å². The summed E-state index contributed by atoms with van der Waals surface area (Å²) in [5.41, 5.74) is 1.93. The van der Waals surface area contributed by atoms with E-state index in [0.29, 0.717) is 51.4 Å². The Morgan fingerprint density at radius 1 is 1.05 bits per heavy atom. The van der Waals surface area contributed by atoms with Crippen molar-refractivity contribution in [1.82, 2.24) is 29.5 Å². The highest BCUT2D eigenvalue weighted by molar-refractivity contribution is 6.31. The Kier molecular flexibility index (Phi) is 8.02. The molecular formula is C28H24ClF2N7O3. The summed E-state index contributed by atoms with van der Waals surface area (Å²) in [6.45, 7) is 1.91. The number of amides is 1. The summed E-state index contributed by atoms with van der Waals surface area (Å²) in [7, 11) is 1.42. The second-order valence-electron chi connectivity index (χ2n) is 9.10. The molecule has 0 spiro atoms. The van der Waals surface area contributed by atoms with Gasteiger partial charge in [-0.15, -0.1) is 5.10 Å². The van der Waals surface area contributed by atoms with Gasteiger partial charge < -0.3 is 10.1 Å². The highest BCUT2D eigenvalue weighted by Gasteiger charge is 2.24. The molecule has 0 bridgehead atoms. The number of rotatable bonds is 9. The van der Waals surface area contributed by atoms with Crippen LogP contribution in [0, 0.1) is 0 Å². The van der Waals surface area contributed by atoms with Crippen molar-refractivity contribution in [2.45, 2.75) is 32.2 Å². The molecule has 0 aliphatic rings. The Morgan fingerprint density at radius 3 is 2.54 bits per heavy atom. The van der Waals surface area contributed by atoms with Crippen molar-refractivity contribution in [3.63, 3.8) is 0 Å². The largest absolute Gasteiger partial charge is 0.495 e. The number of anilines is 1. The minimum atomic E-state index is -2.80. The van der Waals surface area contributed by atoms with E-state index in [-0.39, 0.29) is 5.75 Å². The predicted molar refractivity (Wildman–Crippen MR) is 150 cm³/mol. The highest BCUT2D eigenvalue weighted by atomic mass is 35.5. The molecule has 0 saturated heterocycles. The quantitative estimate of drug-likeness (QED) is 0.241. The van der Waals surface area contributed by atoms with Crippen molar-refractivity contribution in [2.24, 2.45) is 0 Å². The Bertz CT molecular complexity index is 1790. The number of alkyl halides is 2. The topological polar surface area (TPSA) is 117 Å². The molecule has 0 radical (unpaired) electrons. The van der Waals surface area contributed by atoms with E-state index in [4.69, 9.17) is 16.3 Å². The Morgan fingerprint density at radius 2 is 1.83 bits per heavy atom. The van der Waals surface area contributed by atoms with Crippen LogP contribution in [0.3, 0.4) is 0 Å². The fraction of sp³-hybridized carbons (Fsp3) is 0.214. The molecule has 0 fully saturated rings. The molecule has 0 aliphatic heterocycles. The summed E-state index contributed by atoms with van der Waals surface area (Å²) in [5, 5.41) is 10.5. The third-order valence-corrected chi connectivity index (χ3v) is 6.67. The van der Waals surface area contributed by atoms with Gasteiger partial charge in [-0.3, -0.25) is 24.1 Å². The molecule has 5 rings (SSSR count). The molecule has 3 aromatic heterocycles. The van der Waals surface area contributed by atoms with Crippen molar-refractivity contribution < 1.29 is 18.3 Å². The summed E-state index contributed by atoms with van der Waals surface area (Å²) >= 11 is 6.27. The fourth-order valence-electron chi connectivity index (χ4n) is 4.50. The summed E-state index contributed by atoms with van der Waals surface area (Å²) in [6, 6.07) is 10.4. The molecule has 3 heterocycles. The number of nitrogens with one attached hydrogen (secondary N) is 1. The number of hydrogen-bond acceptors (Lipinski definition) is 7. The van der Waals surface area contributed by atoms with Crippen molar-refractivity contribution in [2.75, 3.05) is 12.4 Å². The van der Waals surface area contributed by atoms with E-state index in [0.717, 1.165) is 6.20 Å². The number of halogens is 3. The van der Waals surface area contributed by atoms with Gasteiger partial charge in [-0.1, -0.05) is 30.2 Å². The molecule has 2 aromatic carbocycles. The van der Waals surface area contributed by atoms with Crippen LogP contribution < -0.4 is 15.6 Å². The van der Waals surface area contributed by atoms with Crippen molar-refractivity contribution in [3.8, 4) is 22.6 Å². The number of carbonyl (C=O) groups excluding carboxylic acids is 1. The molecule has 0 unspecified atom stereocenters. The summed E-state index contributed by atoms with van der Waals surface area (Å²) in [4.78, 5) is 35.4. The first-order valence-electron chi connectivity index (χ1n) is 12.6. The third kappa shape index (κ3) is 5.78. The van der Waals surface area contributed by atoms with Crippen molar-refractivity contribution in [3.05, 3.63) is 88.3 Å². The second-order valence-corrected chi connectivity index (χ2v) is 9.54. The molecule has 10 nitrogen and oxygen atoms in total. The second kappa shape index (κ2) is 11.8.